The quantitative estimate of drug-likeness (QED) is 0.302. The van der Waals surface area contributed by atoms with Crippen molar-refractivity contribution in [2.75, 3.05) is 23.3 Å². The van der Waals surface area contributed by atoms with Crippen molar-refractivity contribution >= 4 is 40.4 Å². The summed E-state index contributed by atoms with van der Waals surface area (Å²) in [5, 5.41) is 12.3. The number of likely N-dealkylation sites (tertiary alicyclic amines) is 1. The van der Waals surface area contributed by atoms with Crippen molar-refractivity contribution in [2.45, 2.75) is 83.0 Å². The summed E-state index contributed by atoms with van der Waals surface area (Å²) in [5.74, 6) is 1.93. The molecule has 2 saturated heterocycles. The minimum absolute atomic E-state index is 0.0713. The number of hydrogen-bond donors (Lipinski definition) is 2. The van der Waals surface area contributed by atoms with Gasteiger partial charge in [0.05, 0.1) is 29.5 Å². The largest absolute Gasteiger partial charge is 0.444 e. The number of nitrogens with zero attached hydrogens (tertiary/aromatic N) is 7. The molecule has 12 heteroatoms. The number of nitrogens with one attached hydrogen (secondary N) is 2. The fourth-order valence-electron chi connectivity index (χ4n) is 6.73. The Morgan fingerprint density at radius 3 is 2.53 bits per heavy atom. The Labute approximate surface area is 262 Å². The number of piperazine rings is 1. The molecule has 1 saturated carbocycles. The molecule has 2 atom stereocenters. The van der Waals surface area contributed by atoms with Gasteiger partial charge in [0.2, 0.25) is 0 Å². The lowest BCUT2D eigenvalue weighted by molar-refractivity contribution is 0.0214. The molecule has 0 unspecified atom stereocenters. The molecule has 3 fully saturated rings. The van der Waals surface area contributed by atoms with Crippen molar-refractivity contribution in [2.24, 2.45) is 0 Å². The Kier molecular flexibility index (Phi) is 7.50. The van der Waals surface area contributed by atoms with E-state index in [0.717, 1.165) is 54.5 Å². The van der Waals surface area contributed by atoms with Crippen LogP contribution in [0.25, 0.3) is 16.6 Å². The molecular formula is C33H39N9O3. The molecule has 45 heavy (non-hydrogen) atoms. The fourth-order valence-corrected chi connectivity index (χ4v) is 6.73. The number of rotatable bonds is 6. The van der Waals surface area contributed by atoms with Crippen LogP contribution in [0.5, 0.6) is 0 Å². The van der Waals surface area contributed by atoms with E-state index in [0.29, 0.717) is 30.3 Å². The standard InChI is InChI=1S/C33H39N9O3/c1-33(2,3)45-32(44)41-20-24-16-25(41)19-40(24)29-17-23(11-12-36-29)42-27-15-21(31(43)37-22-7-5-4-6-8-22)9-10-26(27)30(39-42)38-28-18-34-13-14-35-28/h9-15,17-18,22,24-25H,4-8,16,19-20H2,1-3H3,(H,37,43)(H,35,38,39)/t24-,25-/m0/s1. The predicted octanol–water partition coefficient (Wildman–Crippen LogP) is 5.21. The topological polar surface area (TPSA) is 130 Å². The highest BCUT2D eigenvalue weighted by Crippen LogP contribution is 2.36. The third kappa shape index (κ3) is 6.01. The predicted molar refractivity (Wildman–Crippen MR) is 171 cm³/mol. The normalized spacial score (nSPS) is 20.1. The van der Waals surface area contributed by atoms with Gasteiger partial charge in [-0.15, -0.1) is 5.10 Å². The second kappa shape index (κ2) is 11.6. The van der Waals surface area contributed by atoms with E-state index in [2.05, 4.69) is 25.5 Å². The van der Waals surface area contributed by atoms with Gasteiger partial charge in [0, 0.05) is 54.7 Å². The van der Waals surface area contributed by atoms with Crippen LogP contribution in [0.2, 0.25) is 0 Å². The molecule has 7 rings (SSSR count). The minimum atomic E-state index is -0.530. The van der Waals surface area contributed by atoms with Crippen molar-refractivity contribution in [3.8, 4) is 5.69 Å². The van der Waals surface area contributed by atoms with Crippen molar-refractivity contribution < 1.29 is 14.3 Å². The monoisotopic (exact) mass is 609 g/mol. The number of benzene rings is 1. The summed E-state index contributed by atoms with van der Waals surface area (Å²) in [6.45, 7) is 6.95. The van der Waals surface area contributed by atoms with Crippen LogP contribution in [-0.2, 0) is 4.74 Å². The summed E-state index contributed by atoms with van der Waals surface area (Å²) in [4.78, 5) is 43.5. The highest BCUT2D eigenvalue weighted by Gasteiger charge is 2.47. The molecule has 5 heterocycles. The first-order chi connectivity index (χ1) is 21.7. The van der Waals surface area contributed by atoms with Crippen LogP contribution >= 0.6 is 0 Å². The number of carbonyl (C=O) groups excluding carboxylic acids is 2. The maximum absolute atomic E-state index is 13.3. The molecular weight excluding hydrogens is 570 g/mol. The highest BCUT2D eigenvalue weighted by molar-refractivity contribution is 6.01. The Morgan fingerprint density at radius 1 is 0.956 bits per heavy atom. The van der Waals surface area contributed by atoms with Gasteiger partial charge in [-0.25, -0.2) is 19.4 Å². The summed E-state index contributed by atoms with van der Waals surface area (Å²) in [6.07, 6.45) is 12.9. The molecule has 1 aliphatic carbocycles. The summed E-state index contributed by atoms with van der Waals surface area (Å²) < 4.78 is 7.49. The third-order valence-electron chi connectivity index (χ3n) is 8.83. The van der Waals surface area contributed by atoms with Crippen LogP contribution < -0.4 is 15.5 Å². The molecule has 2 aliphatic heterocycles. The zero-order chi connectivity index (χ0) is 31.1. The highest BCUT2D eigenvalue weighted by atomic mass is 16.6. The number of anilines is 3. The van der Waals surface area contributed by atoms with Crippen LogP contribution in [0.4, 0.5) is 22.2 Å². The second-order valence-corrected chi connectivity index (χ2v) is 13.2. The van der Waals surface area contributed by atoms with Crippen LogP contribution in [0.15, 0.2) is 55.1 Å². The number of ether oxygens (including phenoxy) is 1. The minimum Gasteiger partial charge on any atom is -0.444 e. The van der Waals surface area contributed by atoms with E-state index in [1.165, 1.54) is 6.42 Å². The lowest BCUT2D eigenvalue weighted by Gasteiger charge is -2.35. The fraction of sp³-hybridized carbons (Fsp3) is 0.455. The van der Waals surface area contributed by atoms with Crippen molar-refractivity contribution in [1.82, 2.24) is 34.9 Å². The van der Waals surface area contributed by atoms with Gasteiger partial charge in [-0.05, 0) is 64.3 Å². The number of aromatic nitrogens is 5. The maximum atomic E-state index is 13.3. The van der Waals surface area contributed by atoms with Gasteiger partial charge >= 0.3 is 6.09 Å². The molecule has 12 nitrogen and oxygen atoms in total. The Bertz CT molecular complexity index is 1710. The van der Waals surface area contributed by atoms with E-state index in [1.807, 2.05) is 60.7 Å². The van der Waals surface area contributed by atoms with Gasteiger partial charge in [0.1, 0.15) is 17.2 Å². The maximum Gasteiger partial charge on any atom is 0.410 e. The van der Waals surface area contributed by atoms with Gasteiger partial charge in [-0.3, -0.25) is 9.78 Å². The van der Waals surface area contributed by atoms with Gasteiger partial charge < -0.3 is 25.2 Å². The molecule has 0 spiro atoms. The number of hydrogen-bond acceptors (Lipinski definition) is 9. The summed E-state index contributed by atoms with van der Waals surface area (Å²) >= 11 is 0. The van der Waals surface area contributed by atoms with Crippen LogP contribution in [0.1, 0.15) is 69.7 Å². The number of fused-ring (bicyclic) bond motifs is 3. The number of pyridine rings is 1. The first kappa shape index (κ1) is 29.0. The molecule has 1 aromatic carbocycles. The lowest BCUT2D eigenvalue weighted by atomic mass is 9.95. The first-order valence-electron chi connectivity index (χ1n) is 15.8. The zero-order valence-corrected chi connectivity index (χ0v) is 25.9. The van der Waals surface area contributed by atoms with Gasteiger partial charge in [-0.2, -0.15) is 0 Å². The van der Waals surface area contributed by atoms with Crippen molar-refractivity contribution in [3.63, 3.8) is 0 Å². The van der Waals surface area contributed by atoms with E-state index in [1.54, 1.807) is 24.8 Å². The van der Waals surface area contributed by atoms with E-state index in [9.17, 15) is 9.59 Å². The molecule has 3 aromatic heterocycles. The van der Waals surface area contributed by atoms with Crippen molar-refractivity contribution in [1.29, 1.82) is 0 Å². The van der Waals surface area contributed by atoms with Gasteiger partial charge in [0.25, 0.3) is 5.91 Å². The second-order valence-electron chi connectivity index (χ2n) is 13.2. The Hall–Kier alpha value is -4.74. The van der Waals surface area contributed by atoms with Gasteiger partial charge in [0.15, 0.2) is 5.82 Å². The average molecular weight is 610 g/mol. The molecule has 2 bridgehead atoms. The Morgan fingerprint density at radius 2 is 1.80 bits per heavy atom. The zero-order valence-electron chi connectivity index (χ0n) is 25.9. The molecule has 2 N–H and O–H groups in total. The SMILES string of the molecule is CC(C)(C)OC(=O)N1C[C@@H]2C[C@H]1CN2c1cc(-n2nc(Nc3cnccn3)c3ccc(C(=O)NC4CCCCC4)cc32)ccn1. The van der Waals surface area contributed by atoms with E-state index in [4.69, 9.17) is 14.8 Å². The molecule has 2 amide bonds. The molecule has 3 aliphatic rings. The third-order valence-corrected chi connectivity index (χ3v) is 8.83. The van der Waals surface area contributed by atoms with Gasteiger partial charge in [-0.1, -0.05) is 19.3 Å². The smallest absolute Gasteiger partial charge is 0.410 e. The van der Waals surface area contributed by atoms with E-state index >= 15 is 0 Å². The summed E-state index contributed by atoms with van der Waals surface area (Å²) in [7, 11) is 0. The number of amides is 2. The first-order valence-corrected chi connectivity index (χ1v) is 15.8. The molecule has 4 aromatic rings. The van der Waals surface area contributed by atoms with Crippen LogP contribution in [-0.4, -0.2) is 78.4 Å². The molecule has 0 radical (unpaired) electrons. The number of carbonyl (C=O) groups is 2. The molecule has 234 valence electrons. The average Bonchev–Trinajstić information content (AvgIpc) is 3.75. The summed E-state index contributed by atoms with van der Waals surface area (Å²) in [5.41, 5.74) is 1.66. The van der Waals surface area contributed by atoms with Crippen LogP contribution in [0.3, 0.4) is 0 Å². The van der Waals surface area contributed by atoms with Crippen LogP contribution in [0, 0.1) is 0 Å². The van der Waals surface area contributed by atoms with Crippen molar-refractivity contribution in [3.05, 3.63) is 60.7 Å². The van der Waals surface area contributed by atoms with E-state index in [-0.39, 0.29) is 30.1 Å². The van der Waals surface area contributed by atoms with E-state index < -0.39 is 5.60 Å². The summed E-state index contributed by atoms with van der Waals surface area (Å²) in [6, 6.07) is 10.1. The Balaban J connectivity index is 1.19. The lowest BCUT2D eigenvalue weighted by Crippen LogP contribution is -2.50.